The smallest absolute Gasteiger partial charge is 0.274 e. The molecule has 2 saturated heterocycles. The van der Waals surface area contributed by atoms with Crippen LogP contribution >= 0.6 is 0 Å². The van der Waals surface area contributed by atoms with E-state index in [1.807, 2.05) is 4.90 Å². The lowest BCUT2D eigenvalue weighted by Gasteiger charge is -2.44. The lowest BCUT2D eigenvalue weighted by molar-refractivity contribution is -0.976. The molecule has 184 valence electrons. The van der Waals surface area contributed by atoms with E-state index in [1.54, 1.807) is 4.90 Å². The summed E-state index contributed by atoms with van der Waals surface area (Å²) < 4.78 is 7.85. The van der Waals surface area contributed by atoms with Gasteiger partial charge < -0.3 is 19.9 Å². The van der Waals surface area contributed by atoms with Crippen molar-refractivity contribution in [2.45, 2.75) is 95.7 Å². The molecule has 2 aliphatic heterocycles. The second kappa shape index (κ2) is 10.4. The molecule has 1 unspecified atom stereocenters. The summed E-state index contributed by atoms with van der Waals surface area (Å²) in [6.07, 6.45) is 13.5. The molecular weight excluding hydrogens is 414 g/mol. The summed E-state index contributed by atoms with van der Waals surface area (Å²) in [5.74, 6) is 0.181. The SMILES string of the molecule is CCCn1nc(C(=O)N2CCCC2)c2c1CCC([NH2+]CC1([NH+]3CCOCC3)CCCCC1)C2. The van der Waals surface area contributed by atoms with Gasteiger partial charge in [-0.1, -0.05) is 13.3 Å². The maximum Gasteiger partial charge on any atom is 0.274 e. The topological polar surface area (TPSA) is 68.4 Å². The van der Waals surface area contributed by atoms with Gasteiger partial charge in [0.1, 0.15) is 25.2 Å². The summed E-state index contributed by atoms with van der Waals surface area (Å²) in [6.45, 7) is 10.3. The first-order valence-corrected chi connectivity index (χ1v) is 13.8. The number of nitrogens with one attached hydrogen (secondary N) is 1. The zero-order chi connectivity index (χ0) is 22.7. The van der Waals surface area contributed by atoms with E-state index >= 15 is 0 Å². The summed E-state index contributed by atoms with van der Waals surface area (Å²) in [7, 11) is 0. The summed E-state index contributed by atoms with van der Waals surface area (Å²) in [5, 5.41) is 7.56. The Labute approximate surface area is 199 Å². The van der Waals surface area contributed by atoms with Gasteiger partial charge >= 0.3 is 0 Å². The molecule has 3 heterocycles. The lowest BCUT2D eigenvalue weighted by Crippen LogP contribution is -3.25. The molecule has 1 aromatic heterocycles. The zero-order valence-electron chi connectivity index (χ0n) is 20.7. The fourth-order valence-corrected chi connectivity index (χ4v) is 7.03. The molecule has 1 atom stereocenters. The highest BCUT2D eigenvalue weighted by Gasteiger charge is 2.45. The molecule has 0 radical (unpaired) electrons. The van der Waals surface area contributed by atoms with Crippen LogP contribution in [0.1, 0.15) is 86.5 Å². The van der Waals surface area contributed by atoms with Crippen molar-refractivity contribution in [3.63, 3.8) is 0 Å². The third kappa shape index (κ3) is 4.87. The number of amides is 1. The number of rotatable bonds is 7. The van der Waals surface area contributed by atoms with Crippen molar-refractivity contribution >= 4 is 5.91 Å². The molecule has 0 aromatic carbocycles. The van der Waals surface area contributed by atoms with Crippen molar-refractivity contribution < 1.29 is 19.7 Å². The van der Waals surface area contributed by atoms with Gasteiger partial charge in [-0.2, -0.15) is 5.10 Å². The predicted molar refractivity (Wildman–Crippen MR) is 128 cm³/mol. The molecular formula is C26H45N5O2+2. The number of nitrogens with zero attached hydrogens (tertiary/aromatic N) is 3. The van der Waals surface area contributed by atoms with Crippen LogP contribution in [0.4, 0.5) is 0 Å². The van der Waals surface area contributed by atoms with Crippen LogP contribution in [0.5, 0.6) is 0 Å². The molecule has 3 fully saturated rings. The first kappa shape index (κ1) is 23.3. The number of likely N-dealkylation sites (tertiary alicyclic amines) is 1. The zero-order valence-corrected chi connectivity index (χ0v) is 20.7. The molecule has 2 aliphatic carbocycles. The minimum Gasteiger partial charge on any atom is -0.370 e. The number of quaternary nitrogens is 2. The van der Waals surface area contributed by atoms with E-state index in [1.165, 1.54) is 69.4 Å². The average Bonchev–Trinajstić information content (AvgIpc) is 3.53. The van der Waals surface area contributed by atoms with E-state index in [4.69, 9.17) is 9.84 Å². The Bertz CT molecular complexity index is 804. The normalized spacial score (nSPS) is 25.8. The highest BCUT2D eigenvalue weighted by molar-refractivity contribution is 5.94. The van der Waals surface area contributed by atoms with Crippen molar-refractivity contribution in [3.05, 3.63) is 17.0 Å². The van der Waals surface area contributed by atoms with E-state index in [2.05, 4.69) is 16.9 Å². The van der Waals surface area contributed by atoms with Gasteiger partial charge in [0, 0.05) is 56.6 Å². The molecule has 4 aliphatic rings. The number of carbonyl (C=O) groups is 1. The van der Waals surface area contributed by atoms with Crippen LogP contribution in [-0.4, -0.2) is 78.1 Å². The Morgan fingerprint density at radius 2 is 1.91 bits per heavy atom. The van der Waals surface area contributed by atoms with Crippen LogP contribution in [-0.2, 0) is 24.1 Å². The number of aryl methyl sites for hydroxylation is 1. The summed E-state index contributed by atoms with van der Waals surface area (Å²) >= 11 is 0. The van der Waals surface area contributed by atoms with Crippen LogP contribution in [0.25, 0.3) is 0 Å². The van der Waals surface area contributed by atoms with Gasteiger partial charge in [0.25, 0.3) is 5.91 Å². The van der Waals surface area contributed by atoms with E-state index < -0.39 is 0 Å². The van der Waals surface area contributed by atoms with Crippen LogP contribution in [0.15, 0.2) is 0 Å². The Morgan fingerprint density at radius 3 is 2.64 bits per heavy atom. The highest BCUT2D eigenvalue weighted by Crippen LogP contribution is 2.27. The molecule has 1 aromatic rings. The largest absolute Gasteiger partial charge is 0.370 e. The predicted octanol–water partition coefficient (Wildman–Crippen LogP) is 0.568. The number of carbonyl (C=O) groups excluding carboxylic acids is 1. The van der Waals surface area contributed by atoms with E-state index in [0.717, 1.165) is 70.6 Å². The minimum atomic E-state index is 0.181. The van der Waals surface area contributed by atoms with Gasteiger partial charge in [0.2, 0.25) is 0 Å². The van der Waals surface area contributed by atoms with Crippen LogP contribution in [0.2, 0.25) is 0 Å². The Hall–Kier alpha value is -1.44. The lowest BCUT2D eigenvalue weighted by atomic mass is 9.79. The molecule has 0 spiro atoms. The highest BCUT2D eigenvalue weighted by atomic mass is 16.5. The second-order valence-corrected chi connectivity index (χ2v) is 11.0. The van der Waals surface area contributed by atoms with Crippen molar-refractivity contribution in [3.8, 4) is 0 Å². The molecule has 7 nitrogen and oxygen atoms in total. The van der Waals surface area contributed by atoms with Crippen LogP contribution in [0, 0.1) is 0 Å². The first-order chi connectivity index (χ1) is 16.2. The number of hydrogen-bond acceptors (Lipinski definition) is 3. The standard InChI is InChI=1S/C26H43N5O2/c1-2-12-31-23-9-8-21(19-22(23)24(28-31)25(32)29-13-6-7-14-29)27-20-26(10-4-3-5-11-26)30-15-17-33-18-16-30/h21,27H,2-20H2,1H3/p+2. The molecule has 1 saturated carbocycles. The molecule has 0 bridgehead atoms. The van der Waals surface area contributed by atoms with Crippen molar-refractivity contribution in [1.29, 1.82) is 0 Å². The Morgan fingerprint density at radius 1 is 1.15 bits per heavy atom. The summed E-state index contributed by atoms with van der Waals surface area (Å²) in [6, 6.07) is 0.571. The quantitative estimate of drug-likeness (QED) is 0.626. The number of ether oxygens (including phenoxy) is 1. The average molecular weight is 460 g/mol. The Kier molecular flexibility index (Phi) is 7.38. The fourth-order valence-electron chi connectivity index (χ4n) is 7.03. The van der Waals surface area contributed by atoms with E-state index in [0.29, 0.717) is 11.6 Å². The summed E-state index contributed by atoms with van der Waals surface area (Å²) in [5.41, 5.74) is 3.80. The van der Waals surface area contributed by atoms with Crippen molar-refractivity contribution in [2.24, 2.45) is 0 Å². The molecule has 1 amide bonds. The second-order valence-electron chi connectivity index (χ2n) is 11.0. The fraction of sp³-hybridized carbons (Fsp3) is 0.846. The maximum atomic E-state index is 13.3. The third-order valence-electron chi connectivity index (χ3n) is 8.91. The van der Waals surface area contributed by atoms with Gasteiger partial charge in [-0.05, 0) is 38.5 Å². The number of fused-ring (bicyclic) bond motifs is 1. The summed E-state index contributed by atoms with van der Waals surface area (Å²) in [4.78, 5) is 17.2. The first-order valence-electron chi connectivity index (χ1n) is 13.8. The number of morpholine rings is 1. The van der Waals surface area contributed by atoms with Gasteiger partial charge in [-0.3, -0.25) is 9.48 Å². The number of aromatic nitrogens is 2. The van der Waals surface area contributed by atoms with E-state index in [9.17, 15) is 4.79 Å². The van der Waals surface area contributed by atoms with Gasteiger partial charge in [-0.25, -0.2) is 0 Å². The number of hydrogen-bond donors (Lipinski definition) is 2. The maximum absolute atomic E-state index is 13.3. The molecule has 33 heavy (non-hydrogen) atoms. The number of nitrogens with two attached hydrogens (primary N) is 1. The van der Waals surface area contributed by atoms with Gasteiger partial charge in [0.05, 0.1) is 19.3 Å². The van der Waals surface area contributed by atoms with Gasteiger partial charge in [0.15, 0.2) is 5.69 Å². The van der Waals surface area contributed by atoms with Crippen LogP contribution < -0.4 is 10.2 Å². The minimum absolute atomic E-state index is 0.181. The monoisotopic (exact) mass is 459 g/mol. The third-order valence-corrected chi connectivity index (χ3v) is 8.91. The van der Waals surface area contributed by atoms with Crippen molar-refractivity contribution in [2.75, 3.05) is 45.9 Å². The van der Waals surface area contributed by atoms with E-state index in [-0.39, 0.29) is 5.91 Å². The van der Waals surface area contributed by atoms with Crippen molar-refractivity contribution in [1.82, 2.24) is 14.7 Å². The van der Waals surface area contributed by atoms with Crippen LogP contribution in [0.3, 0.4) is 0 Å². The Balaban J connectivity index is 1.31. The molecule has 3 N–H and O–H groups in total. The molecule has 5 rings (SSSR count). The van der Waals surface area contributed by atoms with Gasteiger partial charge in [-0.15, -0.1) is 0 Å². The molecule has 7 heteroatoms.